The van der Waals surface area contributed by atoms with Gasteiger partial charge in [-0.15, -0.1) is 0 Å². The highest BCUT2D eigenvalue weighted by molar-refractivity contribution is 6.11. The van der Waals surface area contributed by atoms with Crippen LogP contribution in [0.5, 0.6) is 0 Å². The maximum atomic E-state index is 5.08. The Bertz CT molecular complexity index is 2790. The Morgan fingerprint density at radius 2 is 1.14 bits per heavy atom. The molecule has 9 aromatic rings. The van der Waals surface area contributed by atoms with Crippen LogP contribution in [-0.2, 0) is 12.5 Å². The van der Waals surface area contributed by atoms with Crippen LogP contribution in [0.3, 0.4) is 0 Å². The van der Waals surface area contributed by atoms with Gasteiger partial charge in [0.2, 0.25) is 0 Å². The zero-order valence-corrected chi connectivity index (χ0v) is 27.0. The van der Waals surface area contributed by atoms with E-state index in [9.17, 15) is 0 Å². The minimum Gasteiger partial charge on any atom is -0.327 e. The maximum Gasteiger partial charge on any atom is 0.140 e. The van der Waals surface area contributed by atoms with Gasteiger partial charge in [0.25, 0.3) is 0 Å². The standard InChI is InChI=1S/C47H30N2/c1-49-43-26-22-32(28-42(43)48-46(49)30-12-3-2-4-13-30)31-19-23-35-33(27-31)20-24-38-44-34-14-6-5-11-29(34)21-25-41(44)47(45(35)38)39-17-9-7-15-36(39)37-16-8-10-18-40(37)47/h2-28H,1H3. The third-order valence-corrected chi connectivity index (χ3v) is 11.2. The SMILES string of the molecule is Cn1c(-c2ccccc2)nc2cc(-c3ccc4c5c(ccc4c3)-c3c(ccc4ccccc34)C53c4ccccc4-c4ccccc43)ccc21. The van der Waals surface area contributed by atoms with E-state index < -0.39 is 5.41 Å². The summed E-state index contributed by atoms with van der Waals surface area (Å²) in [5.41, 5.74) is 16.1. The Labute approximate surface area is 284 Å². The summed E-state index contributed by atoms with van der Waals surface area (Å²) in [6, 6.07) is 60.6. The van der Waals surface area contributed by atoms with Crippen molar-refractivity contribution in [3.8, 4) is 44.8 Å². The average molecular weight is 623 g/mol. The van der Waals surface area contributed by atoms with E-state index in [0.717, 1.165) is 22.4 Å². The van der Waals surface area contributed by atoms with Crippen molar-refractivity contribution in [2.24, 2.45) is 7.05 Å². The number of benzene rings is 8. The lowest BCUT2D eigenvalue weighted by atomic mass is 9.69. The van der Waals surface area contributed by atoms with E-state index in [1.807, 2.05) is 6.07 Å². The lowest BCUT2D eigenvalue weighted by Crippen LogP contribution is -2.26. The Hall–Kier alpha value is -6.25. The summed E-state index contributed by atoms with van der Waals surface area (Å²) < 4.78 is 2.19. The van der Waals surface area contributed by atoms with E-state index >= 15 is 0 Å². The summed E-state index contributed by atoms with van der Waals surface area (Å²) in [7, 11) is 2.10. The zero-order chi connectivity index (χ0) is 32.3. The molecule has 1 heterocycles. The third kappa shape index (κ3) is 3.43. The molecule has 0 saturated carbocycles. The molecule has 0 radical (unpaired) electrons. The molecule has 49 heavy (non-hydrogen) atoms. The Morgan fingerprint density at radius 3 is 1.96 bits per heavy atom. The van der Waals surface area contributed by atoms with E-state index in [0.29, 0.717) is 0 Å². The normalized spacial score (nSPS) is 13.6. The van der Waals surface area contributed by atoms with Crippen molar-refractivity contribution in [3.05, 3.63) is 186 Å². The van der Waals surface area contributed by atoms with Gasteiger partial charge in [-0.1, -0.05) is 146 Å². The van der Waals surface area contributed by atoms with Crippen molar-refractivity contribution >= 4 is 32.6 Å². The quantitative estimate of drug-likeness (QED) is 0.188. The smallest absolute Gasteiger partial charge is 0.140 e. The van der Waals surface area contributed by atoms with E-state index in [1.54, 1.807) is 0 Å². The van der Waals surface area contributed by atoms with Crippen LogP contribution < -0.4 is 0 Å². The van der Waals surface area contributed by atoms with Crippen LogP contribution in [-0.4, -0.2) is 9.55 Å². The number of rotatable bonds is 2. The van der Waals surface area contributed by atoms with Gasteiger partial charge in [-0.3, -0.25) is 0 Å². The molecular weight excluding hydrogens is 593 g/mol. The lowest BCUT2D eigenvalue weighted by Gasteiger charge is -2.31. The largest absolute Gasteiger partial charge is 0.327 e. The second-order valence-corrected chi connectivity index (χ2v) is 13.5. The molecule has 8 aromatic carbocycles. The topological polar surface area (TPSA) is 17.8 Å². The molecule has 2 nitrogen and oxygen atoms in total. The lowest BCUT2D eigenvalue weighted by molar-refractivity contribution is 0.802. The van der Waals surface area contributed by atoms with Crippen LogP contribution in [0.25, 0.3) is 77.3 Å². The fraction of sp³-hybridized carbons (Fsp3) is 0.0426. The van der Waals surface area contributed by atoms with Crippen molar-refractivity contribution in [1.29, 1.82) is 0 Å². The molecule has 0 fully saturated rings. The third-order valence-electron chi connectivity index (χ3n) is 11.2. The number of fused-ring (bicyclic) bond motifs is 15. The molecule has 1 aromatic heterocycles. The fourth-order valence-electron chi connectivity index (χ4n) is 9.15. The van der Waals surface area contributed by atoms with E-state index in [-0.39, 0.29) is 0 Å². The molecule has 2 aliphatic carbocycles. The molecule has 1 spiro atoms. The Morgan fingerprint density at radius 1 is 0.469 bits per heavy atom. The van der Waals surface area contributed by atoms with Crippen molar-refractivity contribution < 1.29 is 0 Å². The second-order valence-electron chi connectivity index (χ2n) is 13.5. The van der Waals surface area contributed by atoms with Crippen molar-refractivity contribution in [3.63, 3.8) is 0 Å². The van der Waals surface area contributed by atoms with Gasteiger partial charge in [0.05, 0.1) is 16.4 Å². The molecule has 0 N–H and O–H groups in total. The minimum absolute atomic E-state index is 0.399. The molecule has 0 bridgehead atoms. The number of nitrogens with zero attached hydrogens (tertiary/aromatic N) is 2. The van der Waals surface area contributed by atoms with Crippen LogP contribution in [0.15, 0.2) is 164 Å². The number of imidazole rings is 1. The minimum atomic E-state index is -0.399. The Kier molecular flexibility index (Phi) is 5.28. The van der Waals surface area contributed by atoms with Crippen molar-refractivity contribution in [1.82, 2.24) is 9.55 Å². The number of hydrogen-bond donors (Lipinski definition) is 0. The highest BCUT2D eigenvalue weighted by atomic mass is 15.1. The molecule has 11 rings (SSSR count). The number of hydrogen-bond acceptors (Lipinski definition) is 1. The second kappa shape index (κ2) is 9.65. The number of aryl methyl sites for hydroxylation is 1. The van der Waals surface area contributed by atoms with E-state index in [1.165, 1.54) is 77.2 Å². The van der Waals surface area contributed by atoms with Gasteiger partial charge in [0, 0.05) is 12.6 Å². The number of aromatic nitrogens is 2. The van der Waals surface area contributed by atoms with Gasteiger partial charge in [0.15, 0.2) is 0 Å². The highest BCUT2D eigenvalue weighted by Crippen LogP contribution is 2.65. The zero-order valence-electron chi connectivity index (χ0n) is 27.0. The molecule has 2 aliphatic rings. The molecule has 0 atom stereocenters. The summed E-state index contributed by atoms with van der Waals surface area (Å²) in [5, 5.41) is 5.15. The van der Waals surface area contributed by atoms with Gasteiger partial charge >= 0.3 is 0 Å². The summed E-state index contributed by atoms with van der Waals surface area (Å²) in [6.45, 7) is 0. The van der Waals surface area contributed by atoms with Crippen LogP contribution in [0.2, 0.25) is 0 Å². The molecule has 0 saturated heterocycles. The van der Waals surface area contributed by atoms with Crippen LogP contribution in [0, 0.1) is 0 Å². The first kappa shape index (κ1) is 26.8. The van der Waals surface area contributed by atoms with Gasteiger partial charge < -0.3 is 4.57 Å². The van der Waals surface area contributed by atoms with Crippen molar-refractivity contribution in [2.75, 3.05) is 0 Å². The van der Waals surface area contributed by atoms with Gasteiger partial charge in [-0.05, 0) is 95.4 Å². The van der Waals surface area contributed by atoms with Crippen LogP contribution >= 0.6 is 0 Å². The molecule has 2 heteroatoms. The molecule has 228 valence electrons. The van der Waals surface area contributed by atoms with Gasteiger partial charge in [-0.2, -0.15) is 0 Å². The molecule has 0 aliphatic heterocycles. The highest BCUT2D eigenvalue weighted by Gasteiger charge is 2.52. The first-order valence-corrected chi connectivity index (χ1v) is 17.0. The molecule has 0 amide bonds. The van der Waals surface area contributed by atoms with E-state index in [2.05, 4.69) is 169 Å². The summed E-state index contributed by atoms with van der Waals surface area (Å²) in [6.07, 6.45) is 0. The van der Waals surface area contributed by atoms with E-state index in [4.69, 9.17) is 4.98 Å². The monoisotopic (exact) mass is 622 g/mol. The first-order chi connectivity index (χ1) is 24.2. The summed E-state index contributed by atoms with van der Waals surface area (Å²) in [4.78, 5) is 5.08. The Balaban J connectivity index is 1.17. The predicted octanol–water partition coefficient (Wildman–Crippen LogP) is 11.6. The maximum absolute atomic E-state index is 5.08. The first-order valence-electron chi connectivity index (χ1n) is 17.0. The van der Waals surface area contributed by atoms with Gasteiger partial charge in [-0.25, -0.2) is 4.98 Å². The van der Waals surface area contributed by atoms with Gasteiger partial charge in [0.1, 0.15) is 5.82 Å². The summed E-state index contributed by atoms with van der Waals surface area (Å²) in [5.74, 6) is 0.983. The average Bonchev–Trinajstić information content (AvgIpc) is 3.78. The summed E-state index contributed by atoms with van der Waals surface area (Å²) >= 11 is 0. The van der Waals surface area contributed by atoms with Crippen LogP contribution in [0.1, 0.15) is 22.3 Å². The molecule has 0 unspecified atom stereocenters. The molecular formula is C47H30N2. The predicted molar refractivity (Wildman–Crippen MR) is 203 cm³/mol. The van der Waals surface area contributed by atoms with Crippen LogP contribution in [0.4, 0.5) is 0 Å². The fourth-order valence-corrected chi connectivity index (χ4v) is 9.15. The van der Waals surface area contributed by atoms with Crippen molar-refractivity contribution in [2.45, 2.75) is 5.41 Å².